The molecule has 2 heterocycles. The summed E-state index contributed by atoms with van der Waals surface area (Å²) in [4.78, 5) is 17.3. The highest BCUT2D eigenvalue weighted by atomic mass is 16.5. The summed E-state index contributed by atoms with van der Waals surface area (Å²) in [6, 6.07) is 21.6. The molecule has 27 heavy (non-hydrogen) atoms. The molecule has 0 radical (unpaired) electrons. The van der Waals surface area contributed by atoms with E-state index in [2.05, 4.69) is 11.1 Å². The molecular formula is C22H14N2O3. The molecule has 0 saturated heterocycles. The third-order valence-corrected chi connectivity index (χ3v) is 4.16. The Morgan fingerprint density at radius 3 is 2.63 bits per heavy atom. The Morgan fingerprint density at radius 1 is 1.07 bits per heavy atom. The molecule has 0 unspecified atom stereocenters. The molecule has 0 bridgehead atoms. The van der Waals surface area contributed by atoms with Gasteiger partial charge < -0.3 is 9.15 Å². The maximum absolute atomic E-state index is 12.7. The summed E-state index contributed by atoms with van der Waals surface area (Å²) in [5.74, 6) is 0.146. The minimum atomic E-state index is -0.439. The topological polar surface area (TPSA) is 76.1 Å². The van der Waals surface area contributed by atoms with Crippen LogP contribution in [-0.4, -0.2) is 11.0 Å². The zero-order chi connectivity index (χ0) is 18.6. The molecule has 0 aliphatic rings. The van der Waals surface area contributed by atoms with E-state index in [0.717, 1.165) is 10.9 Å². The second-order valence-electron chi connectivity index (χ2n) is 5.93. The first-order valence-electron chi connectivity index (χ1n) is 8.34. The number of hydrogen-bond acceptors (Lipinski definition) is 5. The molecule has 130 valence electrons. The van der Waals surface area contributed by atoms with Crippen LogP contribution in [0, 0.1) is 11.3 Å². The summed E-state index contributed by atoms with van der Waals surface area (Å²) in [6.07, 6.45) is 1.56. The lowest BCUT2D eigenvalue weighted by molar-refractivity contribution is 0.0475. The number of benzene rings is 2. The first-order valence-corrected chi connectivity index (χ1v) is 8.34. The van der Waals surface area contributed by atoms with Gasteiger partial charge in [-0.05, 0) is 42.0 Å². The first kappa shape index (κ1) is 16.6. The number of nitrogens with zero attached hydrogens (tertiary/aromatic N) is 2. The highest BCUT2D eigenvalue weighted by Gasteiger charge is 2.16. The van der Waals surface area contributed by atoms with Crippen LogP contribution in [0.1, 0.15) is 21.5 Å². The highest BCUT2D eigenvalue weighted by molar-refractivity contribution is 6.04. The van der Waals surface area contributed by atoms with E-state index < -0.39 is 5.97 Å². The zero-order valence-electron chi connectivity index (χ0n) is 14.3. The molecule has 0 spiro atoms. The van der Waals surface area contributed by atoms with Gasteiger partial charge in [0.25, 0.3) is 0 Å². The number of hydrogen-bond donors (Lipinski definition) is 0. The van der Waals surface area contributed by atoms with Gasteiger partial charge >= 0.3 is 5.97 Å². The van der Waals surface area contributed by atoms with E-state index in [1.54, 1.807) is 48.7 Å². The largest absolute Gasteiger partial charge is 0.463 e. The number of pyridine rings is 1. The maximum atomic E-state index is 12.7. The Balaban J connectivity index is 1.65. The van der Waals surface area contributed by atoms with Crippen LogP contribution in [0.2, 0.25) is 0 Å². The van der Waals surface area contributed by atoms with Gasteiger partial charge in [-0.3, -0.25) is 0 Å². The van der Waals surface area contributed by atoms with Crippen LogP contribution in [0.3, 0.4) is 0 Å². The van der Waals surface area contributed by atoms with E-state index in [4.69, 9.17) is 14.4 Å². The number of aromatic nitrogens is 1. The molecule has 0 aliphatic heterocycles. The molecule has 4 aromatic rings. The average molecular weight is 354 g/mol. The Bertz CT molecular complexity index is 1140. The second-order valence-corrected chi connectivity index (χ2v) is 5.93. The van der Waals surface area contributed by atoms with Gasteiger partial charge in [-0.2, -0.15) is 5.26 Å². The van der Waals surface area contributed by atoms with Gasteiger partial charge in [0.15, 0.2) is 5.76 Å². The number of para-hydroxylation sites is 1. The SMILES string of the molecule is N#Cc1ccc(COC(=O)c2cc(-c3ccco3)nc3ccccc23)cc1. The van der Waals surface area contributed by atoms with Crippen LogP contribution in [0.4, 0.5) is 0 Å². The summed E-state index contributed by atoms with van der Waals surface area (Å²) in [5.41, 5.74) is 3.07. The van der Waals surface area contributed by atoms with Crippen molar-refractivity contribution in [2.45, 2.75) is 6.61 Å². The van der Waals surface area contributed by atoms with Crippen molar-refractivity contribution in [2.75, 3.05) is 0 Å². The third-order valence-electron chi connectivity index (χ3n) is 4.16. The number of carbonyl (C=O) groups is 1. The predicted molar refractivity (Wildman–Crippen MR) is 99.7 cm³/mol. The van der Waals surface area contributed by atoms with Crippen molar-refractivity contribution in [3.8, 4) is 17.5 Å². The standard InChI is InChI=1S/C22H14N2O3/c23-13-15-7-9-16(10-8-15)14-27-22(25)18-12-20(21-6-3-11-26-21)24-19-5-2-1-4-17(18)19/h1-12H,14H2. The van der Waals surface area contributed by atoms with Crippen molar-refractivity contribution < 1.29 is 13.9 Å². The van der Waals surface area contributed by atoms with Crippen LogP contribution in [0.25, 0.3) is 22.4 Å². The fourth-order valence-electron chi connectivity index (χ4n) is 2.80. The molecule has 5 heteroatoms. The van der Waals surface area contributed by atoms with Crippen LogP contribution in [-0.2, 0) is 11.3 Å². The minimum Gasteiger partial charge on any atom is -0.463 e. The summed E-state index contributed by atoms with van der Waals surface area (Å²) >= 11 is 0. The summed E-state index contributed by atoms with van der Waals surface area (Å²) in [5, 5.41) is 9.57. The molecule has 0 aliphatic carbocycles. The van der Waals surface area contributed by atoms with Crippen molar-refractivity contribution in [3.05, 3.63) is 89.7 Å². The number of ether oxygens (including phenoxy) is 1. The highest BCUT2D eigenvalue weighted by Crippen LogP contribution is 2.26. The summed E-state index contributed by atoms with van der Waals surface area (Å²) in [6.45, 7) is 0.122. The third kappa shape index (κ3) is 3.42. The molecular weight excluding hydrogens is 340 g/mol. The average Bonchev–Trinajstić information content (AvgIpc) is 3.26. The van der Waals surface area contributed by atoms with Crippen molar-refractivity contribution >= 4 is 16.9 Å². The van der Waals surface area contributed by atoms with Gasteiger partial charge in [0.1, 0.15) is 12.3 Å². The van der Waals surface area contributed by atoms with E-state index >= 15 is 0 Å². The Labute approximate surface area is 155 Å². The molecule has 0 N–H and O–H groups in total. The van der Waals surface area contributed by atoms with Crippen molar-refractivity contribution in [1.29, 1.82) is 5.26 Å². The van der Waals surface area contributed by atoms with Gasteiger partial charge in [-0.25, -0.2) is 9.78 Å². The van der Waals surface area contributed by atoms with Crippen molar-refractivity contribution in [2.24, 2.45) is 0 Å². The van der Waals surface area contributed by atoms with E-state index in [-0.39, 0.29) is 6.61 Å². The fourth-order valence-corrected chi connectivity index (χ4v) is 2.80. The second kappa shape index (κ2) is 7.14. The zero-order valence-corrected chi connectivity index (χ0v) is 14.3. The molecule has 4 rings (SSSR count). The van der Waals surface area contributed by atoms with Gasteiger partial charge in [0.05, 0.1) is 29.0 Å². The number of carbonyl (C=O) groups excluding carboxylic acids is 1. The lowest BCUT2D eigenvalue weighted by atomic mass is 10.1. The van der Waals surface area contributed by atoms with Gasteiger partial charge in [0.2, 0.25) is 0 Å². The first-order chi connectivity index (χ1) is 13.2. The van der Waals surface area contributed by atoms with Gasteiger partial charge in [-0.15, -0.1) is 0 Å². The molecule has 2 aromatic carbocycles. The van der Waals surface area contributed by atoms with Crippen molar-refractivity contribution in [3.63, 3.8) is 0 Å². The van der Waals surface area contributed by atoms with Crippen LogP contribution in [0.5, 0.6) is 0 Å². The number of nitriles is 1. The Kier molecular flexibility index (Phi) is 4.38. The Hall–Kier alpha value is -3.91. The summed E-state index contributed by atoms with van der Waals surface area (Å²) < 4.78 is 10.9. The Morgan fingerprint density at radius 2 is 1.89 bits per heavy atom. The number of esters is 1. The van der Waals surface area contributed by atoms with E-state index in [9.17, 15) is 4.79 Å². The number of fused-ring (bicyclic) bond motifs is 1. The van der Waals surface area contributed by atoms with Crippen LogP contribution in [0.15, 0.2) is 77.4 Å². The number of rotatable bonds is 4. The fraction of sp³-hybridized carbons (Fsp3) is 0.0455. The summed E-state index contributed by atoms with van der Waals surface area (Å²) in [7, 11) is 0. The molecule has 0 amide bonds. The molecule has 5 nitrogen and oxygen atoms in total. The van der Waals surface area contributed by atoms with Crippen LogP contribution >= 0.6 is 0 Å². The minimum absolute atomic E-state index is 0.122. The molecule has 0 saturated carbocycles. The van der Waals surface area contributed by atoms with E-state index in [0.29, 0.717) is 28.1 Å². The van der Waals surface area contributed by atoms with Gasteiger partial charge in [-0.1, -0.05) is 30.3 Å². The maximum Gasteiger partial charge on any atom is 0.339 e. The molecule has 2 aromatic heterocycles. The van der Waals surface area contributed by atoms with Crippen LogP contribution < -0.4 is 0 Å². The van der Waals surface area contributed by atoms with E-state index in [1.165, 1.54) is 0 Å². The lowest BCUT2D eigenvalue weighted by Gasteiger charge is -2.09. The molecule has 0 fully saturated rings. The van der Waals surface area contributed by atoms with E-state index in [1.807, 2.05) is 24.3 Å². The lowest BCUT2D eigenvalue weighted by Crippen LogP contribution is -2.07. The van der Waals surface area contributed by atoms with Gasteiger partial charge in [0, 0.05) is 5.39 Å². The van der Waals surface area contributed by atoms with Crippen molar-refractivity contribution in [1.82, 2.24) is 4.98 Å². The smallest absolute Gasteiger partial charge is 0.339 e. The molecule has 0 atom stereocenters. The normalized spacial score (nSPS) is 10.5. The monoisotopic (exact) mass is 354 g/mol. The quantitative estimate of drug-likeness (QED) is 0.496. The number of furan rings is 1. The predicted octanol–water partition coefficient (Wildman–Crippen LogP) is 4.72.